The van der Waals surface area contributed by atoms with Gasteiger partial charge in [-0.15, -0.1) is 0 Å². The molecule has 5 heteroatoms. The molecule has 0 unspecified atom stereocenters. The van der Waals surface area contributed by atoms with E-state index >= 15 is 0 Å². The van der Waals surface area contributed by atoms with Gasteiger partial charge in [-0.05, 0) is 13.0 Å². The normalized spacial score (nSPS) is 10.2. The van der Waals surface area contributed by atoms with E-state index < -0.39 is 5.82 Å². The summed E-state index contributed by atoms with van der Waals surface area (Å²) in [6.07, 6.45) is 0.365. The van der Waals surface area contributed by atoms with Gasteiger partial charge in [-0.3, -0.25) is 4.79 Å². The second-order valence-electron chi connectivity index (χ2n) is 3.63. The summed E-state index contributed by atoms with van der Waals surface area (Å²) in [6.45, 7) is 3.30. The van der Waals surface area contributed by atoms with Gasteiger partial charge in [0, 0.05) is 31.6 Å². The van der Waals surface area contributed by atoms with E-state index in [1.54, 1.807) is 6.07 Å². The summed E-state index contributed by atoms with van der Waals surface area (Å²) in [4.78, 5) is 11.1. The first-order valence-electron chi connectivity index (χ1n) is 5.59. The van der Waals surface area contributed by atoms with Crippen molar-refractivity contribution in [3.8, 4) is 5.75 Å². The third-order valence-electron chi connectivity index (χ3n) is 2.29. The number of nitrogens with one attached hydrogen (secondary N) is 2. The van der Waals surface area contributed by atoms with Crippen molar-refractivity contribution in [1.82, 2.24) is 10.6 Å². The molecule has 0 aromatic heterocycles. The van der Waals surface area contributed by atoms with E-state index in [4.69, 9.17) is 0 Å². The van der Waals surface area contributed by atoms with Crippen LogP contribution in [0.15, 0.2) is 18.2 Å². The van der Waals surface area contributed by atoms with Crippen molar-refractivity contribution in [2.24, 2.45) is 0 Å². The Kier molecular flexibility index (Phi) is 5.42. The third-order valence-corrected chi connectivity index (χ3v) is 2.29. The minimum Gasteiger partial charge on any atom is -0.505 e. The van der Waals surface area contributed by atoms with Gasteiger partial charge in [0.2, 0.25) is 5.91 Å². The lowest BCUT2D eigenvalue weighted by Gasteiger charge is -2.07. The maximum Gasteiger partial charge on any atom is 0.221 e. The number of benzene rings is 1. The lowest BCUT2D eigenvalue weighted by Crippen LogP contribution is -2.27. The van der Waals surface area contributed by atoms with Gasteiger partial charge in [0.25, 0.3) is 0 Å². The molecule has 1 aromatic carbocycles. The summed E-state index contributed by atoms with van der Waals surface area (Å²) < 4.78 is 13.0. The molecule has 0 bridgehead atoms. The molecule has 0 saturated carbocycles. The Morgan fingerprint density at radius 1 is 1.47 bits per heavy atom. The zero-order chi connectivity index (χ0) is 12.7. The van der Waals surface area contributed by atoms with Gasteiger partial charge in [-0.2, -0.15) is 0 Å². The Morgan fingerprint density at radius 2 is 2.24 bits per heavy atom. The maximum atomic E-state index is 13.0. The van der Waals surface area contributed by atoms with E-state index in [0.29, 0.717) is 31.6 Å². The van der Waals surface area contributed by atoms with Crippen molar-refractivity contribution in [2.45, 2.75) is 19.9 Å². The van der Waals surface area contributed by atoms with E-state index in [-0.39, 0.29) is 11.7 Å². The summed E-state index contributed by atoms with van der Waals surface area (Å²) >= 11 is 0. The van der Waals surface area contributed by atoms with Crippen LogP contribution in [0.4, 0.5) is 4.39 Å². The first kappa shape index (κ1) is 13.4. The maximum absolute atomic E-state index is 13.0. The zero-order valence-electron chi connectivity index (χ0n) is 9.79. The highest BCUT2D eigenvalue weighted by molar-refractivity contribution is 5.75. The quantitative estimate of drug-likeness (QED) is 0.654. The number of carbonyl (C=O) groups is 1. The molecule has 1 aromatic rings. The molecule has 0 aliphatic heterocycles. The molecule has 4 nitrogen and oxygen atoms in total. The van der Waals surface area contributed by atoms with Crippen LogP contribution in [0.2, 0.25) is 0 Å². The molecule has 0 aliphatic carbocycles. The number of amides is 1. The van der Waals surface area contributed by atoms with E-state index in [1.807, 2.05) is 6.92 Å². The molecular weight excluding hydrogens is 223 g/mol. The van der Waals surface area contributed by atoms with Crippen LogP contribution in [0.5, 0.6) is 5.75 Å². The Morgan fingerprint density at radius 3 is 2.94 bits per heavy atom. The van der Waals surface area contributed by atoms with Crippen molar-refractivity contribution in [2.75, 3.05) is 13.1 Å². The first-order chi connectivity index (χ1) is 8.15. The number of halogens is 1. The number of aromatic hydroxyl groups is 1. The van der Waals surface area contributed by atoms with E-state index in [2.05, 4.69) is 10.6 Å². The highest BCUT2D eigenvalue weighted by Crippen LogP contribution is 2.20. The predicted octanol–water partition coefficient (Wildman–Crippen LogP) is 1.15. The van der Waals surface area contributed by atoms with Crippen LogP contribution < -0.4 is 10.6 Å². The first-order valence-corrected chi connectivity index (χ1v) is 5.59. The molecule has 0 aliphatic rings. The van der Waals surface area contributed by atoms with E-state index in [9.17, 15) is 14.3 Å². The van der Waals surface area contributed by atoms with Crippen molar-refractivity contribution in [3.05, 3.63) is 29.6 Å². The predicted molar refractivity (Wildman–Crippen MR) is 63.1 cm³/mol. The number of phenolic OH excluding ortho intramolecular Hbond substituents is 1. The number of hydrogen-bond donors (Lipinski definition) is 3. The Bertz CT molecular complexity index is 383. The lowest BCUT2D eigenvalue weighted by molar-refractivity contribution is -0.120. The van der Waals surface area contributed by atoms with Crippen LogP contribution >= 0.6 is 0 Å². The molecular formula is C12H17FN2O2. The van der Waals surface area contributed by atoms with Gasteiger partial charge in [0.1, 0.15) is 0 Å². The topological polar surface area (TPSA) is 61.4 Å². The zero-order valence-corrected chi connectivity index (χ0v) is 9.79. The number of phenols is 1. The van der Waals surface area contributed by atoms with Crippen LogP contribution in [0.25, 0.3) is 0 Å². The second kappa shape index (κ2) is 6.85. The molecule has 0 saturated heterocycles. The van der Waals surface area contributed by atoms with Gasteiger partial charge in [0.05, 0.1) is 0 Å². The van der Waals surface area contributed by atoms with Crippen molar-refractivity contribution >= 4 is 5.91 Å². The molecule has 0 heterocycles. The van der Waals surface area contributed by atoms with Gasteiger partial charge < -0.3 is 15.7 Å². The molecule has 0 spiro atoms. The molecule has 3 N–H and O–H groups in total. The average Bonchev–Trinajstić information content (AvgIpc) is 2.30. The smallest absolute Gasteiger partial charge is 0.221 e. The Balaban J connectivity index is 2.31. The van der Waals surface area contributed by atoms with E-state index in [1.165, 1.54) is 12.1 Å². The monoisotopic (exact) mass is 240 g/mol. The molecule has 0 atom stereocenters. The lowest BCUT2D eigenvalue weighted by atomic mass is 10.2. The largest absolute Gasteiger partial charge is 0.505 e. The molecule has 94 valence electrons. The van der Waals surface area contributed by atoms with Gasteiger partial charge >= 0.3 is 0 Å². The molecule has 1 rings (SSSR count). The van der Waals surface area contributed by atoms with Crippen LogP contribution in [-0.4, -0.2) is 24.1 Å². The SMILES string of the molecule is CCNC(=O)CCNCc1cccc(F)c1O. The Hall–Kier alpha value is -1.62. The van der Waals surface area contributed by atoms with Crippen molar-refractivity contribution in [3.63, 3.8) is 0 Å². The highest BCUT2D eigenvalue weighted by atomic mass is 19.1. The fourth-order valence-electron chi connectivity index (χ4n) is 1.41. The summed E-state index contributed by atoms with van der Waals surface area (Å²) in [7, 11) is 0. The van der Waals surface area contributed by atoms with Crippen LogP contribution in [0.1, 0.15) is 18.9 Å². The third kappa shape index (κ3) is 4.40. The number of para-hydroxylation sites is 1. The number of rotatable bonds is 6. The fourth-order valence-corrected chi connectivity index (χ4v) is 1.41. The van der Waals surface area contributed by atoms with Crippen molar-refractivity contribution < 1.29 is 14.3 Å². The molecule has 0 fully saturated rings. The average molecular weight is 240 g/mol. The highest BCUT2D eigenvalue weighted by Gasteiger charge is 2.05. The fraction of sp³-hybridized carbons (Fsp3) is 0.417. The standard InChI is InChI=1S/C12H17FN2O2/c1-2-15-11(16)6-7-14-8-9-4-3-5-10(13)12(9)17/h3-5,14,17H,2,6-8H2,1H3,(H,15,16). The van der Waals surface area contributed by atoms with Gasteiger partial charge in [-0.1, -0.05) is 12.1 Å². The second-order valence-corrected chi connectivity index (χ2v) is 3.63. The number of carbonyl (C=O) groups excluding carboxylic acids is 1. The van der Waals surface area contributed by atoms with Gasteiger partial charge in [0.15, 0.2) is 11.6 Å². The Labute approximate surface area is 99.8 Å². The van der Waals surface area contributed by atoms with Crippen LogP contribution in [-0.2, 0) is 11.3 Å². The summed E-state index contributed by atoms with van der Waals surface area (Å²) in [5.74, 6) is -0.991. The minimum absolute atomic E-state index is 0.0246. The van der Waals surface area contributed by atoms with E-state index in [0.717, 1.165) is 0 Å². The van der Waals surface area contributed by atoms with Crippen LogP contribution in [0.3, 0.4) is 0 Å². The summed E-state index contributed by atoms with van der Waals surface area (Å²) in [6, 6.07) is 4.38. The van der Waals surface area contributed by atoms with Crippen LogP contribution in [0, 0.1) is 5.82 Å². The summed E-state index contributed by atoms with van der Waals surface area (Å²) in [5, 5.41) is 15.0. The van der Waals surface area contributed by atoms with Gasteiger partial charge in [-0.25, -0.2) is 4.39 Å². The molecule has 0 radical (unpaired) electrons. The molecule has 17 heavy (non-hydrogen) atoms. The molecule has 1 amide bonds. The number of hydrogen-bond acceptors (Lipinski definition) is 3. The van der Waals surface area contributed by atoms with Crippen molar-refractivity contribution in [1.29, 1.82) is 0 Å². The summed E-state index contributed by atoms with van der Waals surface area (Å²) in [5.41, 5.74) is 0.487. The minimum atomic E-state index is -0.631.